The molecule has 102 valence electrons. The highest BCUT2D eigenvalue weighted by Gasteiger charge is 2.15. The largest absolute Gasteiger partial charge is 0.611 e. The number of imidazole rings is 1. The average molecular weight is 278 g/mol. The van der Waals surface area contributed by atoms with Gasteiger partial charge in [0.25, 0.3) is 0 Å². The van der Waals surface area contributed by atoms with Crippen LogP contribution in [0.4, 0.5) is 11.4 Å². The Morgan fingerprint density at radius 3 is 2.79 bits per heavy atom. The van der Waals surface area contributed by atoms with Crippen molar-refractivity contribution < 1.29 is 4.55 Å². The highest BCUT2D eigenvalue weighted by Crippen LogP contribution is 2.22. The van der Waals surface area contributed by atoms with E-state index in [2.05, 4.69) is 11.9 Å². The number of nitrogens with two attached hydrogens (primary N) is 2. The smallest absolute Gasteiger partial charge is 0.155 e. The van der Waals surface area contributed by atoms with Crippen LogP contribution in [-0.4, -0.2) is 14.1 Å². The lowest BCUT2D eigenvalue weighted by Gasteiger charge is -2.12. The number of aromatic nitrogens is 2. The lowest BCUT2D eigenvalue weighted by molar-refractivity contribution is 0.589. The predicted octanol–water partition coefficient (Wildman–Crippen LogP) is 1.77. The topological polar surface area (TPSA) is 92.9 Å². The molecule has 0 fully saturated rings. The molecule has 4 N–H and O–H groups in total. The normalized spacial score (nSPS) is 12.5. The average Bonchev–Trinajstić information content (AvgIpc) is 2.80. The van der Waals surface area contributed by atoms with Gasteiger partial charge in [-0.15, -0.1) is 0 Å². The fourth-order valence-electron chi connectivity index (χ4n) is 1.82. The summed E-state index contributed by atoms with van der Waals surface area (Å²) >= 11 is -1.14. The fourth-order valence-corrected chi connectivity index (χ4v) is 2.98. The summed E-state index contributed by atoms with van der Waals surface area (Å²) < 4.78 is 14.3. The maximum atomic E-state index is 12.3. The molecular formula is C13H18N4OS. The van der Waals surface area contributed by atoms with Gasteiger partial charge < -0.3 is 20.6 Å². The summed E-state index contributed by atoms with van der Waals surface area (Å²) in [6.07, 6.45) is 4.55. The van der Waals surface area contributed by atoms with Crippen LogP contribution in [-0.2, 0) is 23.5 Å². The maximum Gasteiger partial charge on any atom is 0.155 e. The molecule has 1 unspecified atom stereocenters. The SMILES string of the molecule is CCCn1cncc1C[S+]([O-])c1ccc(N)c(N)c1. The third kappa shape index (κ3) is 3.21. The Labute approximate surface area is 115 Å². The zero-order valence-corrected chi connectivity index (χ0v) is 11.7. The second kappa shape index (κ2) is 5.99. The molecule has 1 aromatic carbocycles. The second-order valence-corrected chi connectivity index (χ2v) is 5.81. The van der Waals surface area contributed by atoms with Crippen LogP contribution in [0.2, 0.25) is 0 Å². The molecule has 0 aliphatic carbocycles. The third-order valence-electron chi connectivity index (χ3n) is 2.86. The van der Waals surface area contributed by atoms with Crippen molar-refractivity contribution in [3.63, 3.8) is 0 Å². The Balaban J connectivity index is 2.13. The molecule has 0 bridgehead atoms. The first kappa shape index (κ1) is 13.8. The van der Waals surface area contributed by atoms with E-state index < -0.39 is 11.2 Å². The van der Waals surface area contributed by atoms with Crippen LogP contribution in [0, 0.1) is 0 Å². The van der Waals surface area contributed by atoms with E-state index >= 15 is 0 Å². The van der Waals surface area contributed by atoms with Gasteiger partial charge in [-0.25, -0.2) is 4.98 Å². The monoisotopic (exact) mass is 278 g/mol. The molecule has 1 heterocycles. The highest BCUT2D eigenvalue weighted by atomic mass is 32.2. The van der Waals surface area contributed by atoms with Gasteiger partial charge in [0, 0.05) is 12.6 Å². The number of hydrogen-bond acceptors (Lipinski definition) is 4. The third-order valence-corrected chi connectivity index (χ3v) is 4.20. The van der Waals surface area contributed by atoms with Crippen LogP contribution >= 0.6 is 0 Å². The molecule has 5 nitrogen and oxygen atoms in total. The number of anilines is 2. The number of benzene rings is 1. The molecule has 0 radical (unpaired) electrons. The fraction of sp³-hybridized carbons (Fsp3) is 0.308. The standard InChI is InChI=1S/C13H18N4OS/c1-2-5-17-9-16-7-10(17)8-19(18)11-3-4-12(14)13(15)6-11/h3-4,6-7,9H,2,5,8,14-15H2,1H3. The van der Waals surface area contributed by atoms with Gasteiger partial charge in [0.15, 0.2) is 10.6 Å². The van der Waals surface area contributed by atoms with Gasteiger partial charge in [0.2, 0.25) is 0 Å². The molecule has 2 rings (SSSR count). The summed E-state index contributed by atoms with van der Waals surface area (Å²) in [5.41, 5.74) is 13.3. The first-order valence-electron chi connectivity index (χ1n) is 6.14. The summed E-state index contributed by atoms with van der Waals surface area (Å²) in [6.45, 7) is 2.98. The molecule has 2 aromatic rings. The molecule has 0 saturated heterocycles. The van der Waals surface area contributed by atoms with E-state index in [-0.39, 0.29) is 0 Å². The minimum absolute atomic E-state index is 0.434. The van der Waals surface area contributed by atoms with Crippen molar-refractivity contribution in [2.24, 2.45) is 0 Å². The first-order chi connectivity index (χ1) is 9.11. The molecule has 19 heavy (non-hydrogen) atoms. The van der Waals surface area contributed by atoms with E-state index in [0.29, 0.717) is 22.0 Å². The summed E-state index contributed by atoms with van der Waals surface area (Å²) in [5, 5.41) is 0. The van der Waals surface area contributed by atoms with E-state index in [1.54, 1.807) is 30.7 Å². The van der Waals surface area contributed by atoms with E-state index in [1.165, 1.54) is 0 Å². The van der Waals surface area contributed by atoms with Crippen molar-refractivity contribution in [3.05, 3.63) is 36.4 Å². The summed E-state index contributed by atoms with van der Waals surface area (Å²) in [6, 6.07) is 5.11. The Kier molecular flexibility index (Phi) is 4.34. The molecule has 0 saturated carbocycles. The van der Waals surface area contributed by atoms with Crippen molar-refractivity contribution >= 4 is 22.6 Å². The van der Waals surface area contributed by atoms with E-state index in [9.17, 15) is 4.55 Å². The molecule has 0 aliphatic heterocycles. The van der Waals surface area contributed by atoms with E-state index in [0.717, 1.165) is 18.7 Å². The molecule has 0 amide bonds. The van der Waals surface area contributed by atoms with Gasteiger partial charge in [-0.05, 0) is 29.7 Å². The minimum Gasteiger partial charge on any atom is -0.611 e. The van der Waals surface area contributed by atoms with Gasteiger partial charge in [-0.3, -0.25) is 0 Å². The quantitative estimate of drug-likeness (QED) is 0.644. The van der Waals surface area contributed by atoms with Crippen molar-refractivity contribution in [3.8, 4) is 0 Å². The Morgan fingerprint density at radius 2 is 2.11 bits per heavy atom. The Bertz CT molecular complexity index is 555. The zero-order valence-electron chi connectivity index (χ0n) is 10.9. The van der Waals surface area contributed by atoms with Crippen LogP contribution < -0.4 is 11.5 Å². The highest BCUT2D eigenvalue weighted by molar-refractivity contribution is 7.90. The summed E-state index contributed by atoms with van der Waals surface area (Å²) in [7, 11) is 0. The molecule has 1 atom stereocenters. The molecule has 1 aromatic heterocycles. The van der Waals surface area contributed by atoms with Crippen molar-refractivity contribution in [2.45, 2.75) is 30.5 Å². The molecule has 6 heteroatoms. The van der Waals surface area contributed by atoms with Gasteiger partial charge in [0.1, 0.15) is 0 Å². The maximum absolute atomic E-state index is 12.3. The lowest BCUT2D eigenvalue weighted by atomic mass is 10.3. The summed E-state index contributed by atoms with van der Waals surface area (Å²) in [4.78, 5) is 4.79. The van der Waals surface area contributed by atoms with Crippen LogP contribution in [0.25, 0.3) is 0 Å². The number of hydrogen-bond donors (Lipinski definition) is 2. The van der Waals surface area contributed by atoms with Crippen molar-refractivity contribution in [1.82, 2.24) is 9.55 Å². The van der Waals surface area contributed by atoms with Gasteiger partial charge in [-0.2, -0.15) is 0 Å². The van der Waals surface area contributed by atoms with Crippen molar-refractivity contribution in [2.75, 3.05) is 11.5 Å². The van der Waals surface area contributed by atoms with Crippen LogP contribution in [0.15, 0.2) is 35.6 Å². The number of nitrogen functional groups attached to an aromatic ring is 2. The van der Waals surface area contributed by atoms with Gasteiger partial charge in [0.05, 0.1) is 29.6 Å². The van der Waals surface area contributed by atoms with Crippen molar-refractivity contribution in [1.29, 1.82) is 0 Å². The number of rotatable bonds is 5. The lowest BCUT2D eigenvalue weighted by Crippen LogP contribution is -2.10. The summed E-state index contributed by atoms with van der Waals surface area (Å²) in [5.74, 6) is 0.434. The number of nitrogens with zero attached hydrogens (tertiary/aromatic N) is 2. The molecular weight excluding hydrogens is 260 g/mol. The van der Waals surface area contributed by atoms with Crippen LogP contribution in [0.3, 0.4) is 0 Å². The zero-order chi connectivity index (χ0) is 13.8. The predicted molar refractivity (Wildman–Crippen MR) is 77.9 cm³/mol. The molecule has 0 spiro atoms. The van der Waals surface area contributed by atoms with Crippen LogP contribution in [0.5, 0.6) is 0 Å². The van der Waals surface area contributed by atoms with E-state index in [1.807, 2.05) is 4.57 Å². The Hall–Kier alpha value is -1.66. The Morgan fingerprint density at radius 1 is 1.32 bits per heavy atom. The van der Waals surface area contributed by atoms with Crippen LogP contribution in [0.1, 0.15) is 19.0 Å². The minimum atomic E-state index is -1.14. The second-order valence-electron chi connectivity index (χ2n) is 4.36. The van der Waals surface area contributed by atoms with Gasteiger partial charge in [-0.1, -0.05) is 6.92 Å². The van der Waals surface area contributed by atoms with E-state index in [4.69, 9.17) is 11.5 Å². The molecule has 0 aliphatic rings. The van der Waals surface area contributed by atoms with Gasteiger partial charge >= 0.3 is 0 Å². The first-order valence-corrected chi connectivity index (χ1v) is 7.46. The number of aryl methyl sites for hydroxylation is 1.